The summed E-state index contributed by atoms with van der Waals surface area (Å²) in [5, 5.41) is 19.4. The topological polar surface area (TPSA) is 89.7 Å². The first kappa shape index (κ1) is 13.5. The van der Waals surface area contributed by atoms with Crippen molar-refractivity contribution in [1.29, 1.82) is 0 Å². The molecule has 0 unspecified atom stereocenters. The molecule has 0 heterocycles. The average Bonchev–Trinajstić information content (AvgIpc) is 2.34. The van der Waals surface area contributed by atoms with Gasteiger partial charge in [-0.05, 0) is 12.1 Å². The highest BCUT2D eigenvalue weighted by molar-refractivity contribution is 7.99. The lowest BCUT2D eigenvalue weighted by Crippen LogP contribution is -2.02. The number of aliphatic hydroxyl groups is 1. The van der Waals surface area contributed by atoms with Gasteiger partial charge in [0.15, 0.2) is 0 Å². The van der Waals surface area contributed by atoms with Gasteiger partial charge in [-0.15, -0.1) is 11.8 Å². The molecule has 0 bridgehead atoms. The molecule has 0 fully saturated rings. The Bertz CT molecular complexity index is 435. The largest absolute Gasteiger partial charge is 0.465 e. The van der Waals surface area contributed by atoms with Crippen LogP contribution in [0.1, 0.15) is 10.4 Å². The van der Waals surface area contributed by atoms with E-state index in [-0.39, 0.29) is 17.9 Å². The molecule has 1 aromatic rings. The minimum Gasteiger partial charge on any atom is -0.465 e. The zero-order valence-electron chi connectivity index (χ0n) is 9.08. The van der Waals surface area contributed by atoms with Crippen molar-refractivity contribution in [2.45, 2.75) is 4.90 Å². The van der Waals surface area contributed by atoms with Crippen LogP contribution >= 0.6 is 11.8 Å². The fourth-order valence-corrected chi connectivity index (χ4v) is 1.99. The number of aliphatic hydroxyl groups excluding tert-OH is 1. The number of esters is 1. The number of methoxy groups -OCH3 is 1. The van der Waals surface area contributed by atoms with Gasteiger partial charge in [0, 0.05) is 11.8 Å². The maximum absolute atomic E-state index is 11.3. The van der Waals surface area contributed by atoms with Gasteiger partial charge < -0.3 is 9.84 Å². The van der Waals surface area contributed by atoms with Gasteiger partial charge in [0.05, 0.1) is 29.1 Å². The molecule has 1 aromatic carbocycles. The van der Waals surface area contributed by atoms with Gasteiger partial charge in [-0.1, -0.05) is 0 Å². The molecule has 17 heavy (non-hydrogen) atoms. The minimum atomic E-state index is -0.550. The Morgan fingerprint density at radius 1 is 1.59 bits per heavy atom. The molecule has 6 nitrogen and oxygen atoms in total. The smallest absolute Gasteiger partial charge is 0.337 e. The van der Waals surface area contributed by atoms with Gasteiger partial charge in [-0.25, -0.2) is 4.79 Å². The van der Waals surface area contributed by atoms with E-state index in [1.54, 1.807) is 0 Å². The SMILES string of the molecule is COC(=O)c1ccc([N+](=O)[O-])c(SCCO)c1. The third-order valence-electron chi connectivity index (χ3n) is 1.93. The van der Waals surface area contributed by atoms with Crippen LogP contribution in [-0.2, 0) is 4.74 Å². The van der Waals surface area contributed by atoms with Gasteiger partial charge in [0.25, 0.3) is 5.69 Å². The first-order valence-electron chi connectivity index (χ1n) is 4.70. The van der Waals surface area contributed by atoms with Crippen LogP contribution in [0.4, 0.5) is 5.69 Å². The fourth-order valence-electron chi connectivity index (χ4n) is 1.18. The normalized spacial score (nSPS) is 10.0. The zero-order chi connectivity index (χ0) is 12.8. The van der Waals surface area contributed by atoms with Crippen LogP contribution in [0.25, 0.3) is 0 Å². The molecule has 0 radical (unpaired) electrons. The number of carbonyl (C=O) groups is 1. The second-order valence-electron chi connectivity index (χ2n) is 3.00. The Kier molecular flexibility index (Phi) is 4.92. The van der Waals surface area contributed by atoms with Crippen molar-refractivity contribution in [3.05, 3.63) is 33.9 Å². The van der Waals surface area contributed by atoms with Crippen LogP contribution in [0.2, 0.25) is 0 Å². The molecule has 0 aromatic heterocycles. The third-order valence-corrected chi connectivity index (χ3v) is 2.95. The van der Waals surface area contributed by atoms with Crippen LogP contribution in [-0.4, -0.2) is 35.5 Å². The van der Waals surface area contributed by atoms with E-state index in [9.17, 15) is 14.9 Å². The second kappa shape index (κ2) is 6.21. The molecule has 7 heteroatoms. The number of hydrogen-bond acceptors (Lipinski definition) is 6. The Balaban J connectivity index is 3.09. The summed E-state index contributed by atoms with van der Waals surface area (Å²) in [6, 6.07) is 3.99. The lowest BCUT2D eigenvalue weighted by Gasteiger charge is -2.04. The van der Waals surface area contributed by atoms with Crippen molar-refractivity contribution in [2.24, 2.45) is 0 Å². The van der Waals surface area contributed by atoms with Crippen LogP contribution in [0.3, 0.4) is 0 Å². The van der Waals surface area contributed by atoms with Crippen LogP contribution in [0.5, 0.6) is 0 Å². The first-order valence-corrected chi connectivity index (χ1v) is 5.69. The molecule has 92 valence electrons. The summed E-state index contributed by atoms with van der Waals surface area (Å²) < 4.78 is 4.53. The van der Waals surface area contributed by atoms with Crippen molar-refractivity contribution in [1.82, 2.24) is 0 Å². The summed E-state index contributed by atoms with van der Waals surface area (Å²) in [7, 11) is 1.24. The van der Waals surface area contributed by atoms with E-state index in [0.717, 1.165) is 11.8 Å². The van der Waals surface area contributed by atoms with Crippen LogP contribution in [0.15, 0.2) is 23.1 Å². The number of nitro benzene ring substituents is 1. The molecule has 0 atom stereocenters. The number of carbonyl (C=O) groups excluding carboxylic acids is 1. The number of hydrogen-bond donors (Lipinski definition) is 1. The van der Waals surface area contributed by atoms with Crippen molar-refractivity contribution < 1.29 is 19.6 Å². The summed E-state index contributed by atoms with van der Waals surface area (Å²) in [5.74, 6) is -0.225. The number of thioether (sulfide) groups is 1. The average molecular weight is 257 g/mol. The quantitative estimate of drug-likeness (QED) is 0.372. The molecule has 0 aliphatic carbocycles. The predicted molar refractivity (Wildman–Crippen MR) is 62.2 cm³/mol. The fraction of sp³-hybridized carbons (Fsp3) is 0.300. The van der Waals surface area contributed by atoms with Gasteiger partial charge >= 0.3 is 5.97 Å². The lowest BCUT2D eigenvalue weighted by atomic mass is 10.2. The van der Waals surface area contributed by atoms with E-state index in [4.69, 9.17) is 5.11 Å². The molecule has 0 saturated carbocycles. The summed E-state index contributed by atoms with van der Waals surface area (Å²) in [5.41, 5.74) is 0.162. The number of ether oxygens (including phenoxy) is 1. The predicted octanol–water partition coefficient (Wildman–Crippen LogP) is 1.47. The highest BCUT2D eigenvalue weighted by atomic mass is 32.2. The molecule has 1 rings (SSSR count). The second-order valence-corrected chi connectivity index (χ2v) is 4.14. The Morgan fingerprint density at radius 2 is 2.29 bits per heavy atom. The molecule has 0 saturated heterocycles. The van der Waals surface area contributed by atoms with Gasteiger partial charge in [0.1, 0.15) is 0 Å². The number of rotatable bonds is 5. The van der Waals surface area contributed by atoms with Crippen LogP contribution < -0.4 is 0 Å². The van der Waals surface area contributed by atoms with Crippen molar-refractivity contribution >= 4 is 23.4 Å². The molecule has 1 N–H and O–H groups in total. The zero-order valence-corrected chi connectivity index (χ0v) is 9.90. The Hall–Kier alpha value is -1.60. The monoisotopic (exact) mass is 257 g/mol. The molecule has 0 amide bonds. The highest BCUT2D eigenvalue weighted by Crippen LogP contribution is 2.30. The number of benzene rings is 1. The maximum atomic E-state index is 11.3. The van der Waals surface area contributed by atoms with E-state index in [0.29, 0.717) is 10.6 Å². The summed E-state index contributed by atoms with van der Waals surface area (Å²) in [6.07, 6.45) is 0. The Labute approximate surface area is 102 Å². The van der Waals surface area contributed by atoms with Crippen molar-refractivity contribution in [2.75, 3.05) is 19.5 Å². The summed E-state index contributed by atoms with van der Waals surface area (Å²) in [4.78, 5) is 21.8. The maximum Gasteiger partial charge on any atom is 0.337 e. The van der Waals surface area contributed by atoms with Gasteiger partial charge in [-0.3, -0.25) is 10.1 Å². The van der Waals surface area contributed by atoms with E-state index in [2.05, 4.69) is 4.74 Å². The Morgan fingerprint density at radius 3 is 2.82 bits per heavy atom. The molecule has 0 spiro atoms. The van der Waals surface area contributed by atoms with E-state index >= 15 is 0 Å². The lowest BCUT2D eigenvalue weighted by molar-refractivity contribution is -0.387. The molecular weight excluding hydrogens is 246 g/mol. The van der Waals surface area contributed by atoms with E-state index < -0.39 is 10.9 Å². The van der Waals surface area contributed by atoms with Gasteiger partial charge in [0.2, 0.25) is 0 Å². The van der Waals surface area contributed by atoms with Crippen molar-refractivity contribution in [3.63, 3.8) is 0 Å². The van der Waals surface area contributed by atoms with Gasteiger partial charge in [-0.2, -0.15) is 0 Å². The minimum absolute atomic E-state index is 0.0869. The molecule has 0 aliphatic rings. The van der Waals surface area contributed by atoms with E-state index in [1.165, 1.54) is 25.3 Å². The summed E-state index contributed by atoms with van der Waals surface area (Å²) in [6.45, 7) is -0.0930. The highest BCUT2D eigenvalue weighted by Gasteiger charge is 2.17. The standard InChI is InChI=1S/C10H11NO5S/c1-16-10(13)7-2-3-8(11(14)15)9(6-7)17-5-4-12/h2-3,6,12H,4-5H2,1H3. The van der Waals surface area contributed by atoms with E-state index in [1.807, 2.05) is 0 Å². The number of nitrogens with zero attached hydrogens (tertiary/aromatic N) is 1. The first-order chi connectivity index (χ1) is 8.10. The third kappa shape index (κ3) is 3.43. The van der Waals surface area contributed by atoms with Crippen LogP contribution in [0, 0.1) is 10.1 Å². The summed E-state index contributed by atoms with van der Waals surface area (Å²) >= 11 is 1.12. The van der Waals surface area contributed by atoms with Crippen molar-refractivity contribution in [3.8, 4) is 0 Å². The molecular formula is C10H11NO5S. The number of nitro groups is 1. The molecule has 0 aliphatic heterocycles.